The van der Waals surface area contributed by atoms with Crippen LogP contribution in [0.2, 0.25) is 0 Å². The fourth-order valence-electron chi connectivity index (χ4n) is 1.99. The van der Waals surface area contributed by atoms with Gasteiger partial charge in [-0.15, -0.1) is 17.9 Å². The Balaban J connectivity index is 0.000000260. The summed E-state index contributed by atoms with van der Waals surface area (Å²) >= 11 is 1.62. The molecule has 3 aromatic rings. The summed E-state index contributed by atoms with van der Waals surface area (Å²) < 4.78 is 1.05. The van der Waals surface area contributed by atoms with Gasteiger partial charge in [-0.05, 0) is 19.1 Å². The van der Waals surface area contributed by atoms with Gasteiger partial charge in [0, 0.05) is 29.8 Å². The zero-order chi connectivity index (χ0) is 19.1. The second-order valence-corrected chi connectivity index (χ2v) is 5.99. The first-order chi connectivity index (χ1) is 12.4. The van der Waals surface area contributed by atoms with Gasteiger partial charge >= 0.3 is 11.9 Å². The first-order valence-corrected chi connectivity index (χ1v) is 8.23. The number of anilines is 1. The van der Waals surface area contributed by atoms with Crippen LogP contribution in [-0.2, 0) is 9.59 Å². The lowest BCUT2D eigenvalue weighted by Gasteiger charge is -2.01. The van der Waals surface area contributed by atoms with Gasteiger partial charge in [0.15, 0.2) is 0 Å². The molecular formula is C17H16N4O4S. The summed E-state index contributed by atoms with van der Waals surface area (Å²) in [6.07, 6.45) is 4.51. The smallest absolute Gasteiger partial charge is 0.328 e. The molecule has 3 aromatic heterocycles. The molecule has 0 saturated heterocycles. The molecule has 0 bridgehead atoms. The number of fused-ring (bicyclic) bond motifs is 3. The zero-order valence-electron chi connectivity index (χ0n) is 13.8. The van der Waals surface area contributed by atoms with Gasteiger partial charge in [-0.25, -0.2) is 24.5 Å². The third-order valence-electron chi connectivity index (χ3n) is 3.04. The van der Waals surface area contributed by atoms with Crippen molar-refractivity contribution in [2.24, 2.45) is 0 Å². The minimum atomic E-state index is -1.26. The van der Waals surface area contributed by atoms with Crippen molar-refractivity contribution >= 4 is 49.5 Å². The molecule has 0 spiro atoms. The highest BCUT2D eigenvalue weighted by molar-refractivity contribution is 7.25. The largest absolute Gasteiger partial charge is 0.478 e. The van der Waals surface area contributed by atoms with Gasteiger partial charge in [-0.1, -0.05) is 6.08 Å². The van der Waals surface area contributed by atoms with Crippen molar-refractivity contribution in [1.82, 2.24) is 15.0 Å². The topological polar surface area (TPSA) is 125 Å². The number of carboxylic acid groups (broad SMARTS) is 2. The molecule has 8 nitrogen and oxygen atoms in total. The number of nitrogens with one attached hydrogen (secondary N) is 1. The van der Waals surface area contributed by atoms with Crippen molar-refractivity contribution in [2.75, 3.05) is 11.9 Å². The maximum atomic E-state index is 9.55. The van der Waals surface area contributed by atoms with Crippen LogP contribution < -0.4 is 5.32 Å². The molecular weight excluding hydrogens is 356 g/mol. The van der Waals surface area contributed by atoms with Crippen LogP contribution in [0, 0.1) is 6.92 Å². The minimum Gasteiger partial charge on any atom is -0.478 e. The Bertz CT molecular complexity index is 981. The Labute approximate surface area is 152 Å². The average Bonchev–Trinajstić information content (AvgIpc) is 2.96. The second-order valence-electron chi connectivity index (χ2n) is 4.99. The average molecular weight is 372 g/mol. The van der Waals surface area contributed by atoms with Gasteiger partial charge in [0.25, 0.3) is 0 Å². The highest BCUT2D eigenvalue weighted by Gasteiger charge is 2.11. The molecule has 3 N–H and O–H groups in total. The van der Waals surface area contributed by atoms with Gasteiger partial charge in [0.2, 0.25) is 0 Å². The van der Waals surface area contributed by atoms with E-state index in [-0.39, 0.29) is 0 Å². The molecule has 0 fully saturated rings. The van der Waals surface area contributed by atoms with Gasteiger partial charge < -0.3 is 15.5 Å². The molecule has 0 radical (unpaired) electrons. The Morgan fingerprint density at radius 2 is 1.92 bits per heavy atom. The lowest BCUT2D eigenvalue weighted by Crippen LogP contribution is -2.00. The molecule has 0 atom stereocenters. The number of thiophene rings is 1. The Hall–Kier alpha value is -3.33. The highest BCUT2D eigenvalue weighted by atomic mass is 32.1. The van der Waals surface area contributed by atoms with Crippen LogP contribution in [0.15, 0.2) is 43.3 Å². The number of aliphatic carboxylic acids is 2. The SMILES string of the molecule is C=CCNc1ncnc2c1sc1nc(C)ccc12.O=C(O)/C=C\C(=O)O. The fourth-order valence-corrected chi connectivity index (χ4v) is 3.13. The zero-order valence-corrected chi connectivity index (χ0v) is 14.7. The monoisotopic (exact) mass is 372 g/mol. The van der Waals surface area contributed by atoms with E-state index in [1.807, 2.05) is 19.1 Å². The van der Waals surface area contributed by atoms with Crippen molar-refractivity contribution in [3.63, 3.8) is 0 Å². The number of aryl methyl sites for hydroxylation is 1. The quantitative estimate of drug-likeness (QED) is 0.461. The summed E-state index contributed by atoms with van der Waals surface area (Å²) in [6.45, 7) is 6.38. The van der Waals surface area contributed by atoms with E-state index in [9.17, 15) is 9.59 Å². The predicted octanol–water partition coefficient (Wildman–Crippen LogP) is 2.86. The summed E-state index contributed by atoms with van der Waals surface area (Å²) in [7, 11) is 0. The first kappa shape index (κ1) is 19.0. The predicted molar refractivity (Wildman–Crippen MR) is 101 cm³/mol. The van der Waals surface area contributed by atoms with E-state index >= 15 is 0 Å². The van der Waals surface area contributed by atoms with Crippen LogP contribution in [0.25, 0.3) is 20.4 Å². The minimum absolute atomic E-state index is 0.558. The van der Waals surface area contributed by atoms with Gasteiger partial charge in [-0.2, -0.15) is 0 Å². The van der Waals surface area contributed by atoms with Crippen LogP contribution in [-0.4, -0.2) is 43.6 Å². The fraction of sp³-hybridized carbons (Fsp3) is 0.118. The van der Waals surface area contributed by atoms with Gasteiger partial charge in [-0.3, -0.25) is 0 Å². The molecule has 26 heavy (non-hydrogen) atoms. The summed E-state index contributed by atoms with van der Waals surface area (Å²) in [5.41, 5.74) is 1.98. The number of hydrogen-bond donors (Lipinski definition) is 3. The molecule has 0 aliphatic carbocycles. The van der Waals surface area contributed by atoms with Crippen molar-refractivity contribution in [3.05, 3.63) is 49.0 Å². The highest BCUT2D eigenvalue weighted by Crippen LogP contribution is 2.34. The third-order valence-corrected chi connectivity index (χ3v) is 4.13. The van der Waals surface area contributed by atoms with Crippen LogP contribution in [0.1, 0.15) is 5.69 Å². The Morgan fingerprint density at radius 1 is 1.23 bits per heavy atom. The molecule has 0 saturated carbocycles. The normalized spacial score (nSPS) is 10.5. The van der Waals surface area contributed by atoms with Crippen LogP contribution in [0.4, 0.5) is 5.82 Å². The number of pyridine rings is 1. The van der Waals surface area contributed by atoms with E-state index in [4.69, 9.17) is 10.2 Å². The molecule has 0 unspecified atom stereocenters. The molecule has 134 valence electrons. The molecule has 0 aliphatic rings. The second kappa shape index (κ2) is 8.67. The summed E-state index contributed by atoms with van der Waals surface area (Å²) in [4.78, 5) is 33.3. The summed E-state index contributed by atoms with van der Waals surface area (Å²) in [5.74, 6) is -1.67. The molecule has 0 aromatic carbocycles. The van der Waals surface area contributed by atoms with Crippen molar-refractivity contribution in [3.8, 4) is 0 Å². The standard InChI is InChI=1S/C13H12N4S.C4H4O4/c1-3-6-14-12-11-10(15-7-16-12)9-5-4-8(2)17-13(9)18-11;5-3(6)1-2-4(7)8/h3-5,7H,1,6H2,2H3,(H,14,15,16);1-2H,(H,5,6)(H,7,8)/b;2-1-. The lowest BCUT2D eigenvalue weighted by atomic mass is 10.2. The third kappa shape index (κ3) is 4.84. The number of hydrogen-bond acceptors (Lipinski definition) is 7. The summed E-state index contributed by atoms with van der Waals surface area (Å²) in [5, 5.41) is 19.9. The number of carboxylic acids is 2. The van der Waals surface area contributed by atoms with Crippen molar-refractivity contribution in [1.29, 1.82) is 0 Å². The Kier molecular flexibility index (Phi) is 6.34. The van der Waals surface area contributed by atoms with E-state index in [1.54, 1.807) is 17.7 Å². The lowest BCUT2D eigenvalue weighted by molar-refractivity contribution is -0.134. The molecule has 0 amide bonds. The van der Waals surface area contributed by atoms with E-state index in [2.05, 4.69) is 32.9 Å². The van der Waals surface area contributed by atoms with E-state index in [1.165, 1.54) is 0 Å². The van der Waals surface area contributed by atoms with Crippen LogP contribution in [0.5, 0.6) is 0 Å². The first-order valence-electron chi connectivity index (χ1n) is 7.42. The Morgan fingerprint density at radius 3 is 2.54 bits per heavy atom. The molecule has 3 rings (SSSR count). The number of aromatic nitrogens is 3. The summed E-state index contributed by atoms with van der Waals surface area (Å²) in [6, 6.07) is 4.08. The molecule has 9 heteroatoms. The number of carbonyl (C=O) groups is 2. The van der Waals surface area contributed by atoms with Crippen LogP contribution >= 0.6 is 11.3 Å². The van der Waals surface area contributed by atoms with E-state index in [0.29, 0.717) is 18.7 Å². The number of rotatable bonds is 5. The van der Waals surface area contributed by atoms with Crippen molar-refractivity contribution in [2.45, 2.75) is 6.92 Å². The van der Waals surface area contributed by atoms with Crippen LogP contribution in [0.3, 0.4) is 0 Å². The molecule has 0 aliphatic heterocycles. The van der Waals surface area contributed by atoms with Gasteiger partial charge in [0.1, 0.15) is 17.0 Å². The molecule has 3 heterocycles. The number of nitrogens with zero attached hydrogens (tertiary/aromatic N) is 3. The van der Waals surface area contributed by atoms with Gasteiger partial charge in [0.05, 0.1) is 10.2 Å². The van der Waals surface area contributed by atoms with E-state index < -0.39 is 11.9 Å². The van der Waals surface area contributed by atoms with Crippen molar-refractivity contribution < 1.29 is 19.8 Å². The van der Waals surface area contributed by atoms with E-state index in [0.717, 1.165) is 31.9 Å². The maximum Gasteiger partial charge on any atom is 0.328 e. The maximum absolute atomic E-state index is 9.55.